The zero-order valence-electron chi connectivity index (χ0n) is 25.4. The summed E-state index contributed by atoms with van der Waals surface area (Å²) in [5, 5.41) is 21.3. The molecule has 0 aliphatic heterocycles. The first-order valence-electron chi connectivity index (χ1n) is 16.9. The maximum absolute atomic E-state index is 10.7. The van der Waals surface area contributed by atoms with Crippen LogP contribution in [0.25, 0.3) is 0 Å². The molecule has 8 fully saturated rings. The number of rotatable bonds is 6. The molecule has 44 heavy (non-hydrogen) atoms. The van der Waals surface area contributed by atoms with Crippen molar-refractivity contribution in [2.24, 2.45) is 35.5 Å². The molecule has 6 N–H and O–H groups in total. The third-order valence-electron chi connectivity index (χ3n) is 12.7. The zero-order valence-corrected chi connectivity index (χ0v) is 25.4. The fraction of sp³-hybridized carbons (Fsp3) is 0.526. The van der Waals surface area contributed by atoms with Crippen molar-refractivity contribution in [3.8, 4) is 34.5 Å². The van der Waals surface area contributed by atoms with E-state index >= 15 is 0 Å². The van der Waals surface area contributed by atoms with Crippen LogP contribution >= 0.6 is 0 Å². The summed E-state index contributed by atoms with van der Waals surface area (Å²) < 4.78 is 13.2. The summed E-state index contributed by atoms with van der Waals surface area (Å²) in [7, 11) is 0. The van der Waals surface area contributed by atoms with E-state index in [1.165, 1.54) is 77.0 Å². The van der Waals surface area contributed by atoms with Crippen molar-refractivity contribution in [2.45, 2.75) is 87.9 Å². The van der Waals surface area contributed by atoms with Crippen molar-refractivity contribution in [1.29, 1.82) is 0 Å². The standard InChI is InChI=1S/C38H44N2O4/c39-31-11-29(37-15-21-4-22(16-37)6-23(5-21)17-37)35(13-33(31)41)43-27-2-1-3-28(10-27)44-36-14-34(42)32(40)12-30(36)38-18-24-7-25(19-38)9-26(8-24)20-38/h1-3,10-14,21-26,41-42H,4-9,15-20,39-40H2. The number of anilines is 2. The highest BCUT2D eigenvalue weighted by molar-refractivity contribution is 5.63. The molecule has 3 aromatic carbocycles. The minimum Gasteiger partial charge on any atom is -0.506 e. The maximum Gasteiger partial charge on any atom is 0.142 e. The molecule has 8 bridgehead atoms. The van der Waals surface area contributed by atoms with Crippen LogP contribution in [0.4, 0.5) is 11.4 Å². The Balaban J connectivity index is 1.04. The Morgan fingerprint density at radius 1 is 0.523 bits per heavy atom. The van der Waals surface area contributed by atoms with Crippen molar-refractivity contribution in [3.63, 3.8) is 0 Å². The Bertz CT molecular complexity index is 1460. The van der Waals surface area contributed by atoms with Crippen LogP contribution in [0.15, 0.2) is 48.5 Å². The van der Waals surface area contributed by atoms with Crippen LogP contribution in [0, 0.1) is 35.5 Å². The Morgan fingerprint density at radius 2 is 0.864 bits per heavy atom. The van der Waals surface area contributed by atoms with Crippen LogP contribution < -0.4 is 20.9 Å². The second-order valence-electron chi connectivity index (χ2n) is 15.9. The van der Waals surface area contributed by atoms with Gasteiger partial charge in [0.05, 0.1) is 11.4 Å². The van der Waals surface area contributed by atoms with Gasteiger partial charge in [-0.3, -0.25) is 0 Å². The highest BCUT2D eigenvalue weighted by Crippen LogP contribution is 2.64. The molecule has 0 spiro atoms. The molecule has 3 aromatic rings. The van der Waals surface area contributed by atoms with E-state index in [4.69, 9.17) is 20.9 Å². The van der Waals surface area contributed by atoms with Gasteiger partial charge in [0.2, 0.25) is 0 Å². The fourth-order valence-electron chi connectivity index (χ4n) is 11.9. The number of nitrogens with two attached hydrogens (primary N) is 2. The van der Waals surface area contributed by atoms with Gasteiger partial charge in [-0.25, -0.2) is 0 Å². The molecule has 8 saturated carbocycles. The number of ether oxygens (including phenoxy) is 2. The van der Waals surface area contributed by atoms with Crippen LogP contribution in [-0.4, -0.2) is 10.2 Å². The molecule has 0 radical (unpaired) electrons. The molecule has 8 aliphatic carbocycles. The molecule has 0 atom stereocenters. The number of hydrogen-bond donors (Lipinski definition) is 4. The van der Waals surface area contributed by atoms with E-state index < -0.39 is 0 Å². The normalized spacial score (nSPS) is 36.1. The van der Waals surface area contributed by atoms with Crippen LogP contribution in [0.2, 0.25) is 0 Å². The van der Waals surface area contributed by atoms with Crippen LogP contribution in [-0.2, 0) is 10.8 Å². The van der Waals surface area contributed by atoms with E-state index in [1.807, 2.05) is 36.4 Å². The fourth-order valence-corrected chi connectivity index (χ4v) is 11.9. The molecule has 0 amide bonds. The highest BCUT2D eigenvalue weighted by Gasteiger charge is 2.54. The van der Waals surface area contributed by atoms with Gasteiger partial charge >= 0.3 is 0 Å². The van der Waals surface area contributed by atoms with Crippen molar-refractivity contribution in [1.82, 2.24) is 0 Å². The lowest BCUT2D eigenvalue weighted by molar-refractivity contribution is -0.00608. The second kappa shape index (κ2) is 9.48. The predicted molar refractivity (Wildman–Crippen MR) is 171 cm³/mol. The van der Waals surface area contributed by atoms with E-state index in [0.29, 0.717) is 34.4 Å². The minimum atomic E-state index is 0.0541. The lowest BCUT2D eigenvalue weighted by Crippen LogP contribution is -2.48. The van der Waals surface area contributed by atoms with Gasteiger partial charge in [0.1, 0.15) is 34.5 Å². The monoisotopic (exact) mass is 592 g/mol. The summed E-state index contributed by atoms with van der Waals surface area (Å²) in [5.74, 6) is 7.45. The molecule has 230 valence electrons. The summed E-state index contributed by atoms with van der Waals surface area (Å²) in [5.41, 5.74) is 15.9. The van der Waals surface area contributed by atoms with Gasteiger partial charge in [0.15, 0.2) is 0 Å². The Kier molecular flexibility index (Phi) is 5.78. The highest BCUT2D eigenvalue weighted by atomic mass is 16.5. The lowest BCUT2D eigenvalue weighted by atomic mass is 9.48. The summed E-state index contributed by atoms with van der Waals surface area (Å²) in [6.45, 7) is 0. The van der Waals surface area contributed by atoms with Crippen LogP contribution in [0.3, 0.4) is 0 Å². The quantitative estimate of drug-likeness (QED) is 0.168. The second-order valence-corrected chi connectivity index (χ2v) is 15.9. The Hall–Kier alpha value is -3.54. The third-order valence-corrected chi connectivity index (χ3v) is 12.7. The van der Waals surface area contributed by atoms with E-state index in [9.17, 15) is 10.2 Å². The average molecular weight is 593 g/mol. The molecular formula is C38H44N2O4. The molecule has 6 nitrogen and oxygen atoms in total. The van der Waals surface area contributed by atoms with Crippen molar-refractivity contribution >= 4 is 11.4 Å². The molecule has 0 saturated heterocycles. The maximum atomic E-state index is 10.7. The first kappa shape index (κ1) is 26.8. The lowest BCUT2D eigenvalue weighted by Gasteiger charge is -2.57. The van der Waals surface area contributed by atoms with E-state index in [0.717, 1.165) is 46.6 Å². The van der Waals surface area contributed by atoms with Crippen molar-refractivity contribution < 1.29 is 19.7 Å². The predicted octanol–water partition coefficient (Wildman–Crippen LogP) is 8.78. The Morgan fingerprint density at radius 3 is 1.20 bits per heavy atom. The number of phenols is 2. The van der Waals surface area contributed by atoms with Crippen molar-refractivity contribution in [2.75, 3.05) is 11.5 Å². The largest absolute Gasteiger partial charge is 0.506 e. The van der Waals surface area contributed by atoms with E-state index in [2.05, 4.69) is 0 Å². The summed E-state index contributed by atoms with van der Waals surface area (Å²) in [4.78, 5) is 0. The first-order valence-corrected chi connectivity index (χ1v) is 16.9. The third kappa shape index (κ3) is 4.27. The van der Waals surface area contributed by atoms with Crippen molar-refractivity contribution in [3.05, 3.63) is 59.7 Å². The van der Waals surface area contributed by atoms with Gasteiger partial charge in [0, 0.05) is 29.3 Å². The van der Waals surface area contributed by atoms with Crippen LogP contribution in [0.1, 0.15) is 88.2 Å². The molecule has 0 unspecified atom stereocenters. The summed E-state index contributed by atoms with van der Waals surface area (Å²) in [6, 6.07) is 15.1. The zero-order chi connectivity index (χ0) is 29.8. The molecule has 0 heterocycles. The molecule has 6 heteroatoms. The summed E-state index contributed by atoms with van der Waals surface area (Å²) >= 11 is 0. The minimum absolute atomic E-state index is 0.0541. The Labute approximate surface area is 259 Å². The van der Waals surface area contributed by atoms with Gasteiger partial charge in [0.25, 0.3) is 0 Å². The van der Waals surface area contributed by atoms with Crippen LogP contribution in [0.5, 0.6) is 34.5 Å². The number of hydrogen-bond acceptors (Lipinski definition) is 6. The summed E-state index contributed by atoms with van der Waals surface area (Å²) in [6.07, 6.45) is 15.2. The molecular weight excluding hydrogens is 548 g/mol. The number of phenolic OH excluding ortho intramolecular Hbond substituents is 2. The van der Waals surface area contributed by atoms with E-state index in [1.54, 1.807) is 12.1 Å². The molecule has 8 aliphatic rings. The molecule has 11 rings (SSSR count). The van der Waals surface area contributed by atoms with Gasteiger partial charge in [-0.2, -0.15) is 0 Å². The van der Waals surface area contributed by atoms with Gasteiger partial charge in [-0.05, 0) is 148 Å². The van der Waals surface area contributed by atoms with E-state index in [-0.39, 0.29) is 22.3 Å². The topological polar surface area (TPSA) is 111 Å². The number of aromatic hydroxyl groups is 2. The smallest absolute Gasteiger partial charge is 0.142 e. The first-order chi connectivity index (χ1) is 21.2. The number of benzene rings is 3. The SMILES string of the molecule is Nc1cc(C23CC4CC(CC(C4)C2)C3)c(Oc2cccc(Oc3cc(O)c(N)cc3C34CC5CC(CC(C5)C3)C4)c2)cc1O. The van der Waals surface area contributed by atoms with Gasteiger partial charge < -0.3 is 31.2 Å². The van der Waals surface area contributed by atoms with Gasteiger partial charge in [-0.15, -0.1) is 0 Å². The number of nitrogen functional groups attached to an aromatic ring is 2. The average Bonchev–Trinajstić information content (AvgIpc) is 2.95. The molecule has 0 aromatic heterocycles. The van der Waals surface area contributed by atoms with Gasteiger partial charge in [-0.1, -0.05) is 6.07 Å².